The van der Waals surface area contributed by atoms with Gasteiger partial charge < -0.3 is 34.5 Å². The van der Waals surface area contributed by atoms with Gasteiger partial charge in [-0.15, -0.1) is 0 Å². The predicted molar refractivity (Wildman–Crippen MR) is 283 cm³/mol. The van der Waals surface area contributed by atoms with Gasteiger partial charge in [0.2, 0.25) is 0 Å². The number of rotatable bonds is 15. The summed E-state index contributed by atoms with van der Waals surface area (Å²) in [5.41, 5.74) is 3.40. The minimum atomic E-state index is -4.72. The molecular formula is C56H70N8O9S. The van der Waals surface area contributed by atoms with Crippen LogP contribution in [0.3, 0.4) is 0 Å². The normalized spacial score (nSPS) is 25.2. The third-order valence-electron chi connectivity index (χ3n) is 17.5. The molecule has 0 unspecified atom stereocenters. The molecule has 5 aromatic rings. The number of nitro benzene ring substituents is 1. The Labute approximate surface area is 433 Å². The summed E-state index contributed by atoms with van der Waals surface area (Å²) < 4.78 is 49.8. The van der Waals surface area contributed by atoms with E-state index < -0.39 is 37.0 Å². The number of carbonyl (C=O) groups is 1. The predicted octanol–water partition coefficient (Wildman–Crippen LogP) is 9.68. The minimum absolute atomic E-state index is 0.00280. The number of amides is 1. The van der Waals surface area contributed by atoms with Gasteiger partial charge in [-0.25, -0.2) is 13.1 Å². The van der Waals surface area contributed by atoms with Crippen molar-refractivity contribution in [1.82, 2.24) is 24.5 Å². The van der Waals surface area contributed by atoms with E-state index in [1.54, 1.807) is 24.4 Å². The first-order valence-electron chi connectivity index (χ1n) is 26.8. The highest BCUT2D eigenvalue weighted by Gasteiger charge is 2.50. The second-order valence-electron chi connectivity index (χ2n) is 22.5. The van der Waals surface area contributed by atoms with Gasteiger partial charge in [0.25, 0.3) is 27.5 Å². The number of ether oxygens (including phenoxy) is 3. The van der Waals surface area contributed by atoms with Crippen molar-refractivity contribution >= 4 is 44.0 Å². The molecule has 1 spiro atoms. The first-order valence-corrected chi connectivity index (χ1v) is 28.3. The SMILES string of the molecule is CCN1CC[C@@H]1COc1nc2[nH]ccc2cc1Oc1cc(N2CCC3(CC2)CC(N2CCC[C@H]2c2ccccc2C(C)C)C3)ccc1C(=O)NS(=O)(=O)c1cc2c(c([N+](=O)[O-])c1)N[C@@H]([C@H]1CC[C@](C)(O)CC1)CO2. The topological polar surface area (TPSA) is 205 Å². The van der Waals surface area contributed by atoms with Crippen LogP contribution in [-0.2, 0) is 10.0 Å². The monoisotopic (exact) mass is 1030 g/mol. The Morgan fingerprint density at radius 3 is 2.50 bits per heavy atom. The van der Waals surface area contributed by atoms with Crippen LogP contribution in [0.15, 0.2) is 77.8 Å². The molecule has 6 heterocycles. The van der Waals surface area contributed by atoms with E-state index in [0.717, 1.165) is 69.1 Å². The van der Waals surface area contributed by atoms with Crippen LogP contribution in [0.4, 0.5) is 17.1 Å². The Hall–Kier alpha value is -5.95. The molecule has 74 heavy (non-hydrogen) atoms. The molecule has 2 aromatic heterocycles. The van der Waals surface area contributed by atoms with Crippen LogP contribution in [-0.4, -0.2) is 114 Å². The number of likely N-dealkylation sites (tertiary alicyclic amines) is 2. The number of H-pyrrole nitrogens is 1. The Morgan fingerprint density at radius 1 is 0.986 bits per heavy atom. The molecule has 4 aliphatic heterocycles. The van der Waals surface area contributed by atoms with Gasteiger partial charge >= 0.3 is 0 Å². The number of fused-ring (bicyclic) bond motifs is 2. The van der Waals surface area contributed by atoms with Crippen LogP contribution in [0, 0.1) is 21.4 Å². The van der Waals surface area contributed by atoms with E-state index >= 15 is 0 Å². The van der Waals surface area contributed by atoms with Crippen molar-refractivity contribution in [3.8, 4) is 23.1 Å². The zero-order valence-corrected chi connectivity index (χ0v) is 43.8. The lowest BCUT2D eigenvalue weighted by Gasteiger charge is -2.56. The van der Waals surface area contributed by atoms with E-state index in [0.29, 0.717) is 55.9 Å². The maximum Gasteiger partial charge on any atom is 0.297 e. The van der Waals surface area contributed by atoms with Gasteiger partial charge in [0, 0.05) is 73.2 Å². The minimum Gasteiger partial charge on any atom is -0.489 e. The van der Waals surface area contributed by atoms with E-state index in [1.165, 1.54) is 42.9 Å². The smallest absolute Gasteiger partial charge is 0.297 e. The summed E-state index contributed by atoms with van der Waals surface area (Å²) >= 11 is 0. The number of carbonyl (C=O) groups excluding carboxylic acids is 1. The number of aromatic nitrogens is 2. The largest absolute Gasteiger partial charge is 0.489 e. The number of nitro groups is 1. The summed E-state index contributed by atoms with van der Waals surface area (Å²) in [6, 6.07) is 21.0. The molecule has 3 saturated heterocycles. The van der Waals surface area contributed by atoms with Crippen molar-refractivity contribution in [2.75, 3.05) is 56.2 Å². The van der Waals surface area contributed by atoms with Gasteiger partial charge in [-0.3, -0.25) is 24.7 Å². The van der Waals surface area contributed by atoms with Crippen LogP contribution in [0.25, 0.3) is 11.0 Å². The fraction of sp³-hybridized carbons (Fsp3) is 0.536. The number of aliphatic hydroxyl groups is 1. The first-order chi connectivity index (χ1) is 35.6. The average molecular weight is 1030 g/mol. The quantitative estimate of drug-likeness (QED) is 0.0570. The lowest BCUT2D eigenvalue weighted by molar-refractivity contribution is -0.384. The molecule has 11 rings (SSSR count). The number of nitrogens with one attached hydrogen (secondary N) is 3. The fourth-order valence-electron chi connectivity index (χ4n) is 12.9. The standard InChI is InChI=1S/C56H70N8O9S/c1-5-61-24-17-39(61)33-72-54-50(27-37-16-22-57-52(37)59-54)73-48-28-38(62-25-20-56(21-26-62)31-40(32-56)63-23-8-11-46(63)43-10-7-6-9-42(43)35(2)3)12-13-44(48)53(65)60-74(69,70)41-29-47(64(67)68)51-49(30-41)71-34-45(58-51)36-14-18-55(4,66)19-15-36/h6-7,9-10,12-13,16,22,27-30,35-36,39-40,45-46,58,66H,5,8,11,14-15,17-21,23-26,31-34H2,1-4H3,(H,57,59)(H,60,65)/t36-,39-,45-,46+,55-/m1/s1. The average Bonchev–Trinajstić information content (AvgIpc) is 4.05. The zero-order valence-electron chi connectivity index (χ0n) is 43.0. The number of pyridine rings is 1. The lowest BCUT2D eigenvalue weighted by atomic mass is 9.59. The Morgan fingerprint density at radius 2 is 1.77 bits per heavy atom. The number of sulfonamides is 1. The highest BCUT2D eigenvalue weighted by atomic mass is 32.2. The number of anilines is 2. The van der Waals surface area contributed by atoms with E-state index in [2.05, 4.69) is 74.8 Å². The first kappa shape index (κ1) is 50.2. The van der Waals surface area contributed by atoms with Gasteiger partial charge in [-0.2, -0.15) is 4.98 Å². The number of nitrogens with zero attached hydrogens (tertiary/aromatic N) is 5. The molecule has 0 radical (unpaired) electrons. The van der Waals surface area contributed by atoms with Crippen LogP contribution in [0.1, 0.15) is 132 Å². The number of hydrogen-bond donors (Lipinski definition) is 4. The van der Waals surface area contributed by atoms with E-state index in [9.17, 15) is 28.4 Å². The highest BCUT2D eigenvalue weighted by Crippen LogP contribution is 2.55. The van der Waals surface area contributed by atoms with Crippen LogP contribution in [0.2, 0.25) is 0 Å². The van der Waals surface area contributed by atoms with Crippen molar-refractivity contribution in [3.63, 3.8) is 0 Å². The van der Waals surface area contributed by atoms with E-state index in [-0.39, 0.29) is 64.4 Å². The molecule has 18 heteroatoms. The molecule has 1 amide bonds. The fourth-order valence-corrected chi connectivity index (χ4v) is 13.9. The Kier molecular flexibility index (Phi) is 13.5. The van der Waals surface area contributed by atoms with E-state index in [1.807, 2.05) is 19.1 Å². The van der Waals surface area contributed by atoms with Crippen LogP contribution in [0.5, 0.6) is 23.1 Å². The molecular weight excluding hydrogens is 961 g/mol. The molecule has 17 nitrogen and oxygen atoms in total. The summed E-state index contributed by atoms with van der Waals surface area (Å²) in [6.45, 7) is 13.7. The van der Waals surface area contributed by atoms with Crippen LogP contribution >= 0.6 is 0 Å². The number of aromatic amines is 1. The summed E-state index contributed by atoms with van der Waals surface area (Å²) in [4.78, 5) is 41.2. The molecule has 3 aromatic carbocycles. The molecule has 394 valence electrons. The Bertz CT molecular complexity index is 3020. The number of likely N-dealkylation sites (N-methyl/N-ethyl adjacent to an activating group) is 1. The van der Waals surface area contributed by atoms with Crippen molar-refractivity contribution < 1.29 is 37.5 Å². The van der Waals surface area contributed by atoms with Crippen molar-refractivity contribution in [1.29, 1.82) is 0 Å². The summed E-state index contributed by atoms with van der Waals surface area (Å²) in [6.07, 6.45) is 12.2. The molecule has 0 bridgehead atoms. The maximum atomic E-state index is 14.5. The number of piperidine rings is 1. The van der Waals surface area contributed by atoms with Gasteiger partial charge in [-0.1, -0.05) is 45.0 Å². The maximum absolute atomic E-state index is 14.5. The van der Waals surface area contributed by atoms with Crippen molar-refractivity contribution in [2.45, 2.75) is 139 Å². The van der Waals surface area contributed by atoms with Gasteiger partial charge in [0.15, 0.2) is 17.2 Å². The van der Waals surface area contributed by atoms with Gasteiger partial charge in [-0.05, 0) is 143 Å². The summed E-state index contributed by atoms with van der Waals surface area (Å²) in [5, 5.41) is 27.1. The molecule has 6 aliphatic rings. The summed E-state index contributed by atoms with van der Waals surface area (Å²) in [7, 11) is -4.72. The third kappa shape index (κ3) is 9.90. The molecule has 5 fully saturated rings. The molecule has 2 saturated carbocycles. The zero-order chi connectivity index (χ0) is 51.5. The highest BCUT2D eigenvalue weighted by molar-refractivity contribution is 7.90. The van der Waals surface area contributed by atoms with Crippen molar-refractivity contribution in [3.05, 3.63) is 99.7 Å². The molecule has 3 atom stereocenters. The van der Waals surface area contributed by atoms with E-state index in [4.69, 9.17) is 19.2 Å². The number of hydrogen-bond acceptors (Lipinski definition) is 14. The lowest BCUT2D eigenvalue weighted by Crippen LogP contribution is -2.54. The Balaban J connectivity index is 0.843. The van der Waals surface area contributed by atoms with Crippen LogP contribution < -0.4 is 29.1 Å². The summed E-state index contributed by atoms with van der Waals surface area (Å²) in [5.74, 6) is 0.174. The van der Waals surface area contributed by atoms with Gasteiger partial charge in [0.05, 0.1) is 27.0 Å². The van der Waals surface area contributed by atoms with Gasteiger partial charge in [0.1, 0.15) is 24.6 Å². The van der Waals surface area contributed by atoms with Crippen molar-refractivity contribution in [2.24, 2.45) is 11.3 Å². The second-order valence-corrected chi connectivity index (χ2v) is 24.2. The third-order valence-corrected chi connectivity index (χ3v) is 18.8. The second kappa shape index (κ2) is 20.0. The molecule has 2 aliphatic carbocycles. The molecule has 4 N–H and O–H groups in total. The number of benzene rings is 3.